The van der Waals surface area contributed by atoms with Crippen LogP contribution in [0.1, 0.15) is 50.1 Å². The van der Waals surface area contributed by atoms with Gasteiger partial charge in [-0.1, -0.05) is 18.9 Å². The summed E-state index contributed by atoms with van der Waals surface area (Å²) in [6.45, 7) is 2.20. The Bertz CT molecular complexity index is 702. The van der Waals surface area contributed by atoms with E-state index in [0.29, 0.717) is 13.2 Å². The van der Waals surface area contributed by atoms with Crippen molar-refractivity contribution >= 4 is 11.9 Å². The molecule has 2 N–H and O–H groups in total. The lowest BCUT2D eigenvalue weighted by Gasteiger charge is -2.26. The number of fused-ring (bicyclic) bond motifs is 1. The molecule has 1 saturated heterocycles. The number of hydrogen-bond donors (Lipinski definition) is 2. The summed E-state index contributed by atoms with van der Waals surface area (Å²) in [5, 5.41) is 5.37. The number of ether oxygens (including phenoxy) is 2. The Morgan fingerprint density at radius 3 is 2.63 bits per heavy atom. The average Bonchev–Trinajstić information content (AvgIpc) is 3.33. The maximum absolute atomic E-state index is 12.3. The van der Waals surface area contributed by atoms with Crippen LogP contribution in [0.2, 0.25) is 0 Å². The zero-order valence-corrected chi connectivity index (χ0v) is 15.5. The first-order chi connectivity index (χ1) is 13.2. The van der Waals surface area contributed by atoms with Crippen LogP contribution < -0.4 is 20.1 Å². The van der Waals surface area contributed by atoms with E-state index in [1.54, 1.807) is 0 Å². The van der Waals surface area contributed by atoms with Crippen molar-refractivity contribution in [2.24, 2.45) is 0 Å². The zero-order chi connectivity index (χ0) is 18.6. The maximum atomic E-state index is 12.3. The molecule has 4 rings (SSSR count). The third-order valence-electron chi connectivity index (χ3n) is 5.60. The molecule has 3 aliphatic rings. The molecule has 0 radical (unpaired) electrons. The molecule has 1 aromatic carbocycles. The largest absolute Gasteiger partial charge is 0.486 e. The van der Waals surface area contributed by atoms with E-state index >= 15 is 0 Å². The highest BCUT2D eigenvalue weighted by Crippen LogP contribution is 2.37. The minimum absolute atomic E-state index is 0.157. The molecule has 2 heterocycles. The van der Waals surface area contributed by atoms with Gasteiger partial charge in [-0.2, -0.15) is 0 Å². The number of benzene rings is 1. The number of hydrogen-bond acceptors (Lipinski definition) is 5. The van der Waals surface area contributed by atoms with Gasteiger partial charge in [0.2, 0.25) is 5.91 Å². The topological polar surface area (TPSA) is 79.9 Å². The molecular formula is C20H27N3O4. The molecule has 7 nitrogen and oxygen atoms in total. The molecular weight excluding hydrogens is 346 g/mol. The summed E-state index contributed by atoms with van der Waals surface area (Å²) in [6, 6.07) is 5.99. The molecule has 0 spiro atoms. The lowest BCUT2D eigenvalue weighted by molar-refractivity contribution is -0.121. The van der Waals surface area contributed by atoms with Gasteiger partial charge in [0.25, 0.3) is 0 Å². The van der Waals surface area contributed by atoms with Crippen LogP contribution in [0.4, 0.5) is 4.79 Å². The first-order valence-corrected chi connectivity index (χ1v) is 9.93. The van der Waals surface area contributed by atoms with E-state index in [2.05, 4.69) is 15.5 Å². The highest BCUT2D eigenvalue weighted by atomic mass is 16.6. The molecule has 3 amide bonds. The van der Waals surface area contributed by atoms with Crippen molar-refractivity contribution in [3.05, 3.63) is 23.8 Å². The van der Waals surface area contributed by atoms with E-state index in [1.807, 2.05) is 18.2 Å². The standard InChI is InChI=1S/C20H27N3O4/c24-19(22-20(25)21-15-4-1-2-5-15)13-23-9-3-6-16(23)14-7-8-17-18(12-14)27-11-10-26-17/h7-8,12,15-16H,1-6,9-11,13H2,(H2,21,22,24,25)/t16-/m1/s1. The van der Waals surface area contributed by atoms with Crippen molar-refractivity contribution in [2.45, 2.75) is 50.6 Å². The first kappa shape index (κ1) is 18.1. The summed E-state index contributed by atoms with van der Waals surface area (Å²) in [5.41, 5.74) is 1.12. The Kier molecular flexibility index (Phi) is 5.48. The molecule has 2 fully saturated rings. The number of rotatable bonds is 4. The number of carbonyl (C=O) groups is 2. The molecule has 0 unspecified atom stereocenters. The zero-order valence-electron chi connectivity index (χ0n) is 15.5. The Morgan fingerprint density at radius 2 is 1.81 bits per heavy atom. The van der Waals surface area contributed by atoms with Crippen molar-refractivity contribution in [3.8, 4) is 11.5 Å². The first-order valence-electron chi connectivity index (χ1n) is 9.93. The van der Waals surface area contributed by atoms with Gasteiger partial charge in [0.1, 0.15) is 13.2 Å². The molecule has 146 valence electrons. The molecule has 1 aliphatic carbocycles. The van der Waals surface area contributed by atoms with Crippen molar-refractivity contribution in [2.75, 3.05) is 26.3 Å². The summed E-state index contributed by atoms with van der Waals surface area (Å²) in [5.74, 6) is 1.29. The third kappa shape index (κ3) is 4.35. The van der Waals surface area contributed by atoms with Gasteiger partial charge in [-0.05, 0) is 49.9 Å². The number of imide groups is 1. The van der Waals surface area contributed by atoms with Gasteiger partial charge in [0.15, 0.2) is 11.5 Å². The van der Waals surface area contributed by atoms with Crippen LogP contribution >= 0.6 is 0 Å². The van der Waals surface area contributed by atoms with Crippen molar-refractivity contribution in [1.82, 2.24) is 15.5 Å². The SMILES string of the molecule is O=C(CN1CCC[C@@H]1c1ccc2c(c1)OCCO2)NC(=O)NC1CCCC1. The molecule has 27 heavy (non-hydrogen) atoms. The molecule has 0 bridgehead atoms. The Morgan fingerprint density at radius 1 is 1.04 bits per heavy atom. The lowest BCUT2D eigenvalue weighted by atomic mass is 10.0. The number of carbonyl (C=O) groups excluding carboxylic acids is 2. The summed E-state index contributed by atoms with van der Waals surface area (Å²) in [7, 11) is 0. The molecule has 1 aromatic rings. The fourth-order valence-electron chi connectivity index (χ4n) is 4.30. The van der Waals surface area contributed by atoms with Crippen LogP contribution in [0, 0.1) is 0 Å². The summed E-state index contributed by atoms with van der Waals surface area (Å²) in [4.78, 5) is 26.5. The van der Waals surface area contributed by atoms with Gasteiger partial charge < -0.3 is 14.8 Å². The highest BCUT2D eigenvalue weighted by Gasteiger charge is 2.29. The average molecular weight is 373 g/mol. The van der Waals surface area contributed by atoms with Crippen molar-refractivity contribution < 1.29 is 19.1 Å². The molecule has 0 aromatic heterocycles. The fraction of sp³-hybridized carbons (Fsp3) is 0.600. The number of likely N-dealkylation sites (tertiary alicyclic amines) is 1. The normalized spacial score (nSPS) is 22.6. The van der Waals surface area contributed by atoms with Crippen LogP contribution in [0.5, 0.6) is 11.5 Å². The molecule has 2 aliphatic heterocycles. The minimum Gasteiger partial charge on any atom is -0.486 e. The van der Waals surface area contributed by atoms with Crippen LogP contribution in [0.3, 0.4) is 0 Å². The monoisotopic (exact) mass is 373 g/mol. The van der Waals surface area contributed by atoms with Crippen LogP contribution in [-0.2, 0) is 4.79 Å². The van der Waals surface area contributed by atoms with Crippen molar-refractivity contribution in [3.63, 3.8) is 0 Å². The number of nitrogens with zero attached hydrogens (tertiary/aromatic N) is 1. The number of amides is 3. The second-order valence-electron chi connectivity index (χ2n) is 7.53. The van der Waals surface area contributed by atoms with E-state index in [0.717, 1.165) is 62.1 Å². The van der Waals surface area contributed by atoms with Crippen LogP contribution in [0.15, 0.2) is 18.2 Å². The summed E-state index contributed by atoms with van der Waals surface area (Å²) < 4.78 is 11.3. The van der Waals surface area contributed by atoms with Crippen LogP contribution in [0.25, 0.3) is 0 Å². The number of urea groups is 1. The Labute approximate surface area is 159 Å². The Balaban J connectivity index is 1.34. The van der Waals surface area contributed by atoms with Gasteiger partial charge in [0.05, 0.1) is 6.54 Å². The van der Waals surface area contributed by atoms with Gasteiger partial charge in [0, 0.05) is 12.1 Å². The minimum atomic E-state index is -0.373. The van der Waals surface area contributed by atoms with Gasteiger partial charge in [-0.15, -0.1) is 0 Å². The van der Waals surface area contributed by atoms with E-state index in [9.17, 15) is 9.59 Å². The van der Waals surface area contributed by atoms with Crippen LogP contribution in [-0.4, -0.2) is 49.2 Å². The van der Waals surface area contributed by atoms with Crippen molar-refractivity contribution in [1.29, 1.82) is 0 Å². The second kappa shape index (κ2) is 8.17. The summed E-state index contributed by atoms with van der Waals surface area (Å²) in [6.07, 6.45) is 6.30. The van der Waals surface area contributed by atoms with E-state index < -0.39 is 0 Å². The fourth-order valence-corrected chi connectivity index (χ4v) is 4.30. The van der Waals surface area contributed by atoms with E-state index in [-0.39, 0.29) is 30.6 Å². The Hall–Kier alpha value is -2.28. The predicted octanol–water partition coefficient (Wildman–Crippen LogP) is 2.36. The number of nitrogens with one attached hydrogen (secondary N) is 2. The highest BCUT2D eigenvalue weighted by molar-refractivity contribution is 5.95. The smallest absolute Gasteiger partial charge is 0.321 e. The van der Waals surface area contributed by atoms with Gasteiger partial charge in [-0.25, -0.2) is 4.79 Å². The van der Waals surface area contributed by atoms with Gasteiger partial charge in [-0.3, -0.25) is 15.0 Å². The van der Waals surface area contributed by atoms with E-state index in [1.165, 1.54) is 0 Å². The second-order valence-corrected chi connectivity index (χ2v) is 7.53. The maximum Gasteiger partial charge on any atom is 0.321 e. The lowest BCUT2D eigenvalue weighted by Crippen LogP contribution is -2.46. The predicted molar refractivity (Wildman–Crippen MR) is 99.9 cm³/mol. The van der Waals surface area contributed by atoms with Gasteiger partial charge >= 0.3 is 6.03 Å². The molecule has 1 saturated carbocycles. The summed E-state index contributed by atoms with van der Waals surface area (Å²) >= 11 is 0. The third-order valence-corrected chi connectivity index (χ3v) is 5.60. The molecule has 7 heteroatoms. The van der Waals surface area contributed by atoms with E-state index in [4.69, 9.17) is 9.47 Å². The quantitative estimate of drug-likeness (QED) is 0.847. The molecule has 1 atom stereocenters.